The van der Waals surface area contributed by atoms with Gasteiger partial charge in [0.25, 0.3) is 6.47 Å². The molecule has 0 aliphatic heterocycles. The molecule has 1 aromatic rings. The van der Waals surface area contributed by atoms with Crippen LogP contribution in [0, 0.1) is 0 Å². The lowest BCUT2D eigenvalue weighted by molar-refractivity contribution is -0.254. The average molecular weight is 152 g/mol. The van der Waals surface area contributed by atoms with Crippen molar-refractivity contribution in [3.63, 3.8) is 0 Å². The van der Waals surface area contributed by atoms with Gasteiger partial charge in [0.05, 0.1) is 0 Å². The number of quaternary nitrogens is 1. The minimum atomic E-state index is 0.326. The van der Waals surface area contributed by atoms with Crippen molar-refractivity contribution in [1.82, 2.24) is 0 Å². The van der Waals surface area contributed by atoms with E-state index < -0.39 is 0 Å². The zero-order valence-electron chi connectivity index (χ0n) is 6.12. The summed E-state index contributed by atoms with van der Waals surface area (Å²) in [5.74, 6) is 0. The highest BCUT2D eigenvalue weighted by molar-refractivity contribution is 5.38. The Kier molecular flexibility index (Phi) is 2.63. The quantitative estimate of drug-likeness (QED) is 0.630. The fourth-order valence-corrected chi connectivity index (χ4v) is 0.850. The number of hydrogen-bond acceptors (Lipinski definition) is 2. The summed E-state index contributed by atoms with van der Waals surface area (Å²) in [7, 11) is 0. The number of rotatable bonds is 3. The van der Waals surface area contributed by atoms with Gasteiger partial charge in [-0.05, 0) is 11.6 Å². The highest BCUT2D eigenvalue weighted by Crippen LogP contribution is 2.05. The fraction of sp³-hybridized carbons (Fsp3) is 0.125. The summed E-state index contributed by atoms with van der Waals surface area (Å²) in [4.78, 5) is 9.83. The largest absolute Gasteiger partial charge is 0.463 e. The Morgan fingerprint density at radius 2 is 2.36 bits per heavy atom. The van der Waals surface area contributed by atoms with Gasteiger partial charge in [0.15, 0.2) is 0 Å². The van der Waals surface area contributed by atoms with Crippen molar-refractivity contribution in [3.8, 4) is 0 Å². The lowest BCUT2D eigenvalue weighted by Gasteiger charge is -1.97. The minimum absolute atomic E-state index is 0.326. The smallest absolute Gasteiger partial charge is 0.293 e. The highest BCUT2D eigenvalue weighted by atomic mass is 16.5. The molecule has 0 amide bonds. The van der Waals surface area contributed by atoms with Gasteiger partial charge in [-0.15, -0.1) is 0 Å². The molecule has 0 saturated carbocycles. The first-order valence-electron chi connectivity index (χ1n) is 3.29. The lowest BCUT2D eigenvalue weighted by Crippen LogP contribution is -2.40. The molecule has 1 aromatic carbocycles. The second-order valence-corrected chi connectivity index (χ2v) is 2.23. The van der Waals surface area contributed by atoms with E-state index in [1.165, 1.54) is 0 Å². The number of hydrogen-bond donors (Lipinski definition) is 1. The summed E-state index contributed by atoms with van der Waals surface area (Å²) in [6, 6.07) is 7.54. The van der Waals surface area contributed by atoms with E-state index in [1.54, 1.807) is 0 Å². The molecule has 0 aliphatic rings. The van der Waals surface area contributed by atoms with Gasteiger partial charge in [0.1, 0.15) is 12.3 Å². The number of carbonyl (C=O) groups is 1. The summed E-state index contributed by atoms with van der Waals surface area (Å²) in [6.07, 6.45) is 0. The lowest BCUT2D eigenvalue weighted by atomic mass is 10.2. The molecule has 0 aromatic heterocycles. The molecule has 0 atom stereocenters. The first kappa shape index (κ1) is 7.75. The Balaban J connectivity index is 2.63. The van der Waals surface area contributed by atoms with E-state index >= 15 is 0 Å². The van der Waals surface area contributed by atoms with Crippen molar-refractivity contribution in [2.45, 2.75) is 6.61 Å². The second-order valence-electron chi connectivity index (χ2n) is 2.23. The molecule has 0 aliphatic carbocycles. The van der Waals surface area contributed by atoms with Gasteiger partial charge in [-0.25, -0.2) is 0 Å². The summed E-state index contributed by atoms with van der Waals surface area (Å²) >= 11 is 0. The van der Waals surface area contributed by atoms with Gasteiger partial charge < -0.3 is 10.5 Å². The van der Waals surface area contributed by atoms with E-state index in [0.29, 0.717) is 13.1 Å². The molecule has 0 spiro atoms. The van der Waals surface area contributed by atoms with Crippen LogP contribution in [0.15, 0.2) is 24.3 Å². The zero-order valence-corrected chi connectivity index (χ0v) is 6.12. The third-order valence-electron chi connectivity index (χ3n) is 1.31. The van der Waals surface area contributed by atoms with E-state index in [1.807, 2.05) is 24.3 Å². The normalized spacial score (nSPS) is 9.18. The van der Waals surface area contributed by atoms with Crippen molar-refractivity contribution >= 4 is 12.2 Å². The van der Waals surface area contributed by atoms with Crippen LogP contribution in [0.3, 0.4) is 0 Å². The van der Waals surface area contributed by atoms with E-state index in [0.717, 1.165) is 11.3 Å². The Hall–Kier alpha value is -1.35. The van der Waals surface area contributed by atoms with Gasteiger partial charge in [-0.2, -0.15) is 0 Å². The summed E-state index contributed by atoms with van der Waals surface area (Å²) in [5, 5.41) is 0. The predicted octanol–water partition coefficient (Wildman–Crippen LogP) is 0.233. The van der Waals surface area contributed by atoms with Crippen LogP contribution in [0.4, 0.5) is 5.69 Å². The molecule has 0 bridgehead atoms. The third-order valence-corrected chi connectivity index (χ3v) is 1.31. The molecule has 0 heterocycles. The third kappa shape index (κ3) is 2.39. The standard InChI is InChI=1S/C8H9NO2/c9-8-3-1-2-7(4-8)5-11-6-10/h1-4,6H,5,9H2/p+1. The van der Waals surface area contributed by atoms with Crippen molar-refractivity contribution in [2.24, 2.45) is 0 Å². The van der Waals surface area contributed by atoms with Crippen LogP contribution in [-0.4, -0.2) is 6.47 Å². The highest BCUT2D eigenvalue weighted by Gasteiger charge is 1.93. The topological polar surface area (TPSA) is 53.9 Å². The fourth-order valence-electron chi connectivity index (χ4n) is 0.850. The van der Waals surface area contributed by atoms with Crippen LogP contribution in [-0.2, 0) is 16.1 Å². The van der Waals surface area contributed by atoms with Gasteiger partial charge >= 0.3 is 0 Å². The maximum atomic E-state index is 9.83. The summed E-state index contributed by atoms with van der Waals surface area (Å²) in [6.45, 7) is 0.766. The Bertz CT molecular complexity index is 248. The predicted molar refractivity (Wildman–Crippen MR) is 39.8 cm³/mol. The maximum Gasteiger partial charge on any atom is 0.293 e. The molecule has 3 heteroatoms. The average Bonchev–Trinajstić information content (AvgIpc) is 2.01. The van der Waals surface area contributed by atoms with Crippen LogP contribution in [0.2, 0.25) is 0 Å². The molecule has 0 fully saturated rings. The minimum Gasteiger partial charge on any atom is -0.463 e. The second kappa shape index (κ2) is 3.73. The van der Waals surface area contributed by atoms with E-state index in [9.17, 15) is 4.79 Å². The van der Waals surface area contributed by atoms with Crippen LogP contribution in [0.5, 0.6) is 0 Å². The molecule has 0 unspecified atom stereocenters. The number of benzene rings is 1. The molecule has 1 rings (SSSR count). The van der Waals surface area contributed by atoms with Crippen molar-refractivity contribution < 1.29 is 15.3 Å². The molecular weight excluding hydrogens is 142 g/mol. The number of ether oxygens (including phenoxy) is 1. The molecule has 11 heavy (non-hydrogen) atoms. The van der Waals surface area contributed by atoms with Gasteiger partial charge in [-0.3, -0.25) is 4.79 Å². The zero-order chi connectivity index (χ0) is 8.10. The van der Waals surface area contributed by atoms with Gasteiger partial charge in [0, 0.05) is 6.07 Å². The molecule has 0 radical (unpaired) electrons. The van der Waals surface area contributed by atoms with Crippen LogP contribution >= 0.6 is 0 Å². The van der Waals surface area contributed by atoms with Crippen molar-refractivity contribution in [3.05, 3.63) is 29.8 Å². The SMILES string of the molecule is [NH3+]c1cccc(COC=O)c1. The first-order valence-corrected chi connectivity index (χ1v) is 3.29. The maximum absolute atomic E-state index is 9.83. The van der Waals surface area contributed by atoms with Crippen LogP contribution in [0.25, 0.3) is 0 Å². The van der Waals surface area contributed by atoms with Crippen LogP contribution in [0.1, 0.15) is 5.56 Å². The van der Waals surface area contributed by atoms with Gasteiger partial charge in [-0.1, -0.05) is 12.1 Å². The Morgan fingerprint density at radius 3 is 3.00 bits per heavy atom. The van der Waals surface area contributed by atoms with Gasteiger partial charge in [0.2, 0.25) is 0 Å². The monoisotopic (exact) mass is 152 g/mol. The number of carbonyl (C=O) groups excluding carboxylic acids is 1. The van der Waals surface area contributed by atoms with Crippen molar-refractivity contribution in [2.75, 3.05) is 0 Å². The Labute approximate surface area is 64.8 Å². The molecule has 0 saturated heterocycles. The van der Waals surface area contributed by atoms with E-state index in [2.05, 4.69) is 10.5 Å². The first-order chi connectivity index (χ1) is 5.33. The molecule has 3 nitrogen and oxygen atoms in total. The van der Waals surface area contributed by atoms with Crippen molar-refractivity contribution in [1.29, 1.82) is 0 Å². The van der Waals surface area contributed by atoms with Crippen LogP contribution < -0.4 is 5.73 Å². The molecule has 58 valence electrons. The van der Waals surface area contributed by atoms with E-state index in [-0.39, 0.29) is 0 Å². The molecular formula is C8H10NO2+. The summed E-state index contributed by atoms with van der Waals surface area (Å²) in [5.41, 5.74) is 5.64. The molecule has 3 N–H and O–H groups in total. The summed E-state index contributed by atoms with van der Waals surface area (Å²) < 4.78 is 4.57. The Morgan fingerprint density at radius 1 is 1.55 bits per heavy atom. The van der Waals surface area contributed by atoms with E-state index in [4.69, 9.17) is 0 Å².